The number of hydrogen-bond acceptors (Lipinski definition) is 14. The monoisotopic (exact) mass is 806 g/mol. The molecule has 4 heterocycles. The molecule has 296 valence electrons. The summed E-state index contributed by atoms with van der Waals surface area (Å²) in [6, 6.07) is 14.4. The van der Waals surface area contributed by atoms with E-state index in [0.29, 0.717) is 42.7 Å². The van der Waals surface area contributed by atoms with Gasteiger partial charge in [-0.3, -0.25) is 0 Å². The van der Waals surface area contributed by atoms with Crippen LogP contribution < -0.4 is 15.3 Å². The van der Waals surface area contributed by atoms with Crippen molar-refractivity contribution in [2.24, 2.45) is 0 Å². The zero-order chi connectivity index (χ0) is 40.3. The normalized spacial score (nSPS) is 14.1. The third kappa shape index (κ3) is 14.3. The molecule has 0 spiro atoms. The molecule has 56 heavy (non-hydrogen) atoms. The van der Waals surface area contributed by atoms with Crippen LogP contribution in [-0.2, 0) is 28.5 Å². The van der Waals surface area contributed by atoms with Crippen LogP contribution in [0.25, 0.3) is 23.3 Å². The van der Waals surface area contributed by atoms with Crippen molar-refractivity contribution in [1.82, 2.24) is 19.9 Å². The molecule has 0 aliphatic carbocycles. The van der Waals surface area contributed by atoms with Crippen molar-refractivity contribution >= 4 is 71.5 Å². The number of aryl methyl sites for hydroxylation is 1. The van der Waals surface area contributed by atoms with E-state index in [0.717, 1.165) is 73.3 Å². The average molecular weight is 808 g/mol. The largest absolute Gasteiger partial charge is 0.488 e. The second kappa shape index (κ2) is 23.2. The second-order valence-corrected chi connectivity index (χ2v) is 12.7. The first-order chi connectivity index (χ1) is 27.1. The number of benzene rings is 2. The molecule has 4 aromatic rings. The molecule has 2 aliphatic rings. The van der Waals surface area contributed by atoms with Crippen LogP contribution in [-0.4, -0.2) is 115 Å². The molecule has 0 atom stereocenters. The maximum absolute atomic E-state index is 11.5. The van der Waals surface area contributed by atoms with Gasteiger partial charge in [-0.2, -0.15) is 4.98 Å². The Morgan fingerprint density at radius 2 is 1.27 bits per heavy atom. The van der Waals surface area contributed by atoms with Gasteiger partial charge in [0.15, 0.2) is 0 Å². The summed E-state index contributed by atoms with van der Waals surface area (Å²) in [5, 5.41) is 18.4. The van der Waals surface area contributed by atoms with Gasteiger partial charge in [-0.15, -0.1) is 0 Å². The fraction of sp³-hybridized carbons (Fsp3) is 0.333. The lowest BCUT2D eigenvalue weighted by molar-refractivity contribution is -0.138. The molecule has 14 nitrogen and oxygen atoms in total. The minimum absolute atomic E-state index is 0.216. The van der Waals surface area contributed by atoms with Crippen molar-refractivity contribution in [2.45, 2.75) is 20.8 Å². The molecule has 0 saturated carbocycles. The fourth-order valence-corrected chi connectivity index (χ4v) is 5.68. The number of aromatic nitrogens is 4. The van der Waals surface area contributed by atoms with Crippen molar-refractivity contribution in [3.05, 3.63) is 100 Å². The van der Waals surface area contributed by atoms with E-state index in [1.54, 1.807) is 62.7 Å². The Labute approximate surface area is 336 Å². The number of rotatable bonds is 10. The van der Waals surface area contributed by atoms with E-state index in [9.17, 15) is 9.59 Å². The number of carbonyl (C=O) groups is 2. The predicted molar refractivity (Wildman–Crippen MR) is 218 cm³/mol. The lowest BCUT2D eigenvalue weighted by atomic mass is 9.79. The zero-order valence-corrected chi connectivity index (χ0v) is 33.0. The van der Waals surface area contributed by atoms with Gasteiger partial charge in [-0.05, 0) is 84.3 Å². The van der Waals surface area contributed by atoms with Crippen molar-refractivity contribution in [3.8, 4) is 11.1 Å². The molecular weight excluding hydrogens is 762 g/mol. The Morgan fingerprint density at radius 1 is 0.768 bits per heavy atom. The van der Waals surface area contributed by atoms with Crippen LogP contribution in [0.3, 0.4) is 0 Å². The Balaban J connectivity index is 0.000000199. The van der Waals surface area contributed by atoms with Crippen LogP contribution in [0.2, 0.25) is 10.6 Å². The highest BCUT2D eigenvalue weighted by Gasteiger charge is 2.19. The standard InChI is InChI=1S/C19H20ClN3O3.C11H13BO4.C9H12ClN3O/c1-2-26-17(24)7-6-14-4-3-5-15(12-14)16-13-21-19(20)22-18(16)23-8-10-25-11-9-23;1-2-16-11(13)7-6-9-4-3-5-10(8-9)12(14)15;1-7-6-11-9(10)12-8(7)13-2-4-14-5-3-13/h3-7,12-13H,2,8-11H2,1H3;3-8,14-15H,2H2,1H3;6H,2-5H2,1H3/b2*7-6+;. The van der Waals surface area contributed by atoms with Gasteiger partial charge in [0, 0.05) is 61.9 Å². The van der Waals surface area contributed by atoms with Crippen molar-refractivity contribution < 1.29 is 38.6 Å². The minimum atomic E-state index is -1.50. The third-order valence-corrected chi connectivity index (χ3v) is 8.44. The van der Waals surface area contributed by atoms with Crippen LogP contribution in [0.5, 0.6) is 0 Å². The molecule has 0 unspecified atom stereocenters. The van der Waals surface area contributed by atoms with E-state index in [2.05, 4.69) is 29.7 Å². The molecule has 0 amide bonds. The van der Waals surface area contributed by atoms with Crippen molar-refractivity contribution in [3.63, 3.8) is 0 Å². The van der Waals surface area contributed by atoms with Crippen molar-refractivity contribution in [2.75, 3.05) is 75.6 Å². The zero-order valence-electron chi connectivity index (χ0n) is 31.5. The number of hydrogen-bond donors (Lipinski definition) is 2. The van der Waals surface area contributed by atoms with Gasteiger partial charge >= 0.3 is 19.1 Å². The molecule has 17 heteroatoms. The molecule has 0 bridgehead atoms. The van der Waals surface area contributed by atoms with Crippen molar-refractivity contribution in [1.29, 1.82) is 0 Å². The van der Waals surface area contributed by atoms with Crippen LogP contribution in [0, 0.1) is 6.92 Å². The number of anilines is 2. The lowest BCUT2D eigenvalue weighted by Gasteiger charge is -2.29. The lowest BCUT2D eigenvalue weighted by Crippen LogP contribution is -2.37. The van der Waals surface area contributed by atoms with Crippen LogP contribution >= 0.6 is 23.2 Å². The first kappa shape index (κ1) is 43.8. The Hall–Kier alpha value is -4.90. The van der Waals surface area contributed by atoms with Gasteiger partial charge in [-0.25, -0.2) is 24.5 Å². The van der Waals surface area contributed by atoms with E-state index in [1.165, 1.54) is 12.2 Å². The van der Waals surface area contributed by atoms with Crippen LogP contribution in [0.4, 0.5) is 11.6 Å². The summed E-state index contributed by atoms with van der Waals surface area (Å²) in [4.78, 5) is 43.6. The van der Waals surface area contributed by atoms with E-state index in [-0.39, 0.29) is 11.3 Å². The smallest absolute Gasteiger partial charge is 0.463 e. The molecule has 2 saturated heterocycles. The molecule has 2 fully saturated rings. The molecule has 0 radical (unpaired) electrons. The maximum atomic E-state index is 11.5. The highest BCUT2D eigenvalue weighted by molar-refractivity contribution is 6.58. The van der Waals surface area contributed by atoms with Gasteiger partial charge in [-0.1, -0.05) is 42.5 Å². The Bertz CT molecular complexity index is 1940. The third-order valence-electron chi connectivity index (χ3n) is 8.08. The molecule has 2 aliphatic heterocycles. The average Bonchev–Trinajstić information content (AvgIpc) is 3.22. The van der Waals surface area contributed by atoms with E-state index < -0.39 is 13.1 Å². The van der Waals surface area contributed by atoms with Gasteiger partial charge in [0.1, 0.15) is 11.6 Å². The van der Waals surface area contributed by atoms with Gasteiger partial charge in [0.2, 0.25) is 10.6 Å². The Morgan fingerprint density at radius 3 is 1.82 bits per heavy atom. The summed E-state index contributed by atoms with van der Waals surface area (Å²) < 4.78 is 20.3. The number of nitrogens with zero attached hydrogens (tertiary/aromatic N) is 6. The maximum Gasteiger partial charge on any atom is 0.488 e. The SMILES string of the molecule is CCOC(=O)/C=C/c1cccc(-c2cnc(Cl)nc2N2CCOCC2)c1.CCOC(=O)/C=C/c1cccc(B(O)O)c1.Cc1cnc(Cl)nc1N1CCOCC1. The second-order valence-electron chi connectivity index (χ2n) is 12.1. The Kier molecular flexibility index (Phi) is 18.2. The van der Waals surface area contributed by atoms with Gasteiger partial charge in [0.05, 0.1) is 39.6 Å². The number of halogens is 2. The topological polar surface area (TPSA) is 170 Å². The fourth-order valence-electron chi connectivity index (χ4n) is 5.42. The molecule has 2 N–H and O–H groups in total. The quantitative estimate of drug-likeness (QED) is 0.0999. The van der Waals surface area contributed by atoms with E-state index >= 15 is 0 Å². The first-order valence-electron chi connectivity index (χ1n) is 18.0. The molecular formula is C39H45BCl2N6O8. The number of morpholine rings is 2. The summed E-state index contributed by atoms with van der Waals surface area (Å²) in [5.74, 6) is 0.937. The van der Waals surface area contributed by atoms with E-state index in [4.69, 9.17) is 52.2 Å². The summed E-state index contributed by atoms with van der Waals surface area (Å²) in [6.07, 6.45) is 9.49. The molecule has 2 aromatic heterocycles. The van der Waals surface area contributed by atoms with Gasteiger partial charge < -0.3 is 38.8 Å². The number of ether oxygens (including phenoxy) is 4. The summed E-state index contributed by atoms with van der Waals surface area (Å²) >= 11 is 11.8. The predicted octanol–water partition coefficient (Wildman–Crippen LogP) is 4.43. The molecule has 6 rings (SSSR count). The van der Waals surface area contributed by atoms with Crippen LogP contribution in [0.1, 0.15) is 30.5 Å². The molecule has 2 aromatic carbocycles. The number of carbonyl (C=O) groups excluding carboxylic acids is 2. The highest BCUT2D eigenvalue weighted by atomic mass is 35.5. The summed E-state index contributed by atoms with van der Waals surface area (Å²) in [7, 11) is -1.50. The number of esters is 2. The first-order valence-corrected chi connectivity index (χ1v) is 18.8. The van der Waals surface area contributed by atoms with E-state index in [1.807, 2.05) is 31.2 Å². The van der Waals surface area contributed by atoms with Crippen LogP contribution in [0.15, 0.2) is 73.1 Å². The highest BCUT2D eigenvalue weighted by Crippen LogP contribution is 2.31. The summed E-state index contributed by atoms with van der Waals surface area (Å²) in [5.41, 5.74) is 4.87. The summed E-state index contributed by atoms with van der Waals surface area (Å²) in [6.45, 7) is 12.2. The minimum Gasteiger partial charge on any atom is -0.463 e. The van der Waals surface area contributed by atoms with Gasteiger partial charge in [0.25, 0.3) is 0 Å².